The molecule has 3 rings (SSSR count). The van der Waals surface area contributed by atoms with Crippen molar-refractivity contribution in [3.8, 4) is 23.1 Å². The molecule has 0 saturated heterocycles. The maximum absolute atomic E-state index is 12.7. The van der Waals surface area contributed by atoms with E-state index < -0.39 is 11.7 Å². The second-order valence-corrected chi connectivity index (χ2v) is 6.66. The number of hydrogen-bond acceptors (Lipinski definition) is 3. The fourth-order valence-electron chi connectivity index (χ4n) is 2.34. The summed E-state index contributed by atoms with van der Waals surface area (Å²) in [6, 6.07) is 10.9. The highest BCUT2D eigenvalue weighted by molar-refractivity contribution is 7.13. The van der Waals surface area contributed by atoms with Gasteiger partial charge in [-0.15, -0.1) is 0 Å². The van der Waals surface area contributed by atoms with Gasteiger partial charge < -0.3 is 0 Å². The molecule has 1 heterocycles. The molecule has 0 spiro atoms. The van der Waals surface area contributed by atoms with Crippen molar-refractivity contribution in [1.82, 2.24) is 9.27 Å². The molecule has 25 heavy (non-hydrogen) atoms. The third-order valence-electron chi connectivity index (χ3n) is 3.59. The number of aromatic nitrogens is 1. The van der Waals surface area contributed by atoms with Crippen molar-refractivity contribution < 1.29 is 13.2 Å². The van der Waals surface area contributed by atoms with Gasteiger partial charge >= 0.3 is 6.18 Å². The maximum Gasteiger partial charge on any atom is 0.416 e. The van der Waals surface area contributed by atoms with Gasteiger partial charge in [0.15, 0.2) is 0 Å². The molecule has 6 heteroatoms. The van der Waals surface area contributed by atoms with Crippen LogP contribution in [0.3, 0.4) is 0 Å². The molecule has 0 aliphatic heterocycles. The smallest absolute Gasteiger partial charge is 0.299 e. The van der Waals surface area contributed by atoms with Gasteiger partial charge in [0, 0.05) is 16.5 Å². The lowest BCUT2D eigenvalue weighted by atomic mass is 10.0. The van der Waals surface area contributed by atoms with Crippen LogP contribution in [0.4, 0.5) is 13.2 Å². The molecule has 0 atom stereocenters. The number of alkyl halides is 3. The van der Waals surface area contributed by atoms with Crippen LogP contribution in [0.1, 0.15) is 11.1 Å². The third kappa shape index (κ3) is 4.01. The summed E-state index contributed by atoms with van der Waals surface area (Å²) in [5.41, 5.74) is 1.61. The van der Waals surface area contributed by atoms with Crippen molar-refractivity contribution in [2.45, 2.75) is 6.18 Å². The van der Waals surface area contributed by atoms with Crippen LogP contribution in [0, 0.1) is 11.8 Å². The van der Waals surface area contributed by atoms with E-state index in [1.54, 1.807) is 0 Å². The first kappa shape index (κ1) is 17.5. The highest BCUT2D eigenvalue weighted by atomic mass is 32.1. The molecule has 0 aliphatic rings. The summed E-state index contributed by atoms with van der Waals surface area (Å²) in [4.78, 5) is 1.99. The van der Waals surface area contributed by atoms with Crippen LogP contribution in [0.15, 0.2) is 42.5 Å². The number of benzene rings is 2. The van der Waals surface area contributed by atoms with Crippen molar-refractivity contribution in [2.24, 2.45) is 0 Å². The fourth-order valence-corrected chi connectivity index (χ4v) is 3.18. The Morgan fingerprint density at radius 2 is 1.80 bits per heavy atom. The highest BCUT2D eigenvalue weighted by Gasteiger charge is 2.30. The average Bonchev–Trinajstić information content (AvgIpc) is 2.97. The third-order valence-corrected chi connectivity index (χ3v) is 4.39. The second-order valence-electron chi connectivity index (χ2n) is 5.86. The Bertz CT molecular complexity index is 945. The Kier molecular flexibility index (Phi) is 4.80. The lowest BCUT2D eigenvalue weighted by Gasteiger charge is -2.06. The van der Waals surface area contributed by atoms with E-state index in [0.717, 1.165) is 27.8 Å². The van der Waals surface area contributed by atoms with Crippen LogP contribution in [0.2, 0.25) is 0 Å². The first-order valence-electron chi connectivity index (χ1n) is 7.55. The standard InChI is InChI=1S/C19H15F3N2S/c1-24(2)11-3-4-13-5-10-16-17(12-13)25-23-18(16)14-6-8-15(9-7-14)19(20,21)22/h5-10,12H,11H2,1-2H3. The van der Waals surface area contributed by atoms with Gasteiger partial charge in [-0.25, -0.2) is 0 Å². The van der Waals surface area contributed by atoms with Gasteiger partial charge in [-0.3, -0.25) is 4.90 Å². The molecule has 0 radical (unpaired) electrons. The molecule has 0 amide bonds. The summed E-state index contributed by atoms with van der Waals surface area (Å²) < 4.78 is 43.4. The molecule has 0 saturated carbocycles. The number of halogens is 3. The largest absolute Gasteiger partial charge is 0.416 e. The first-order chi connectivity index (χ1) is 11.8. The molecule has 3 aromatic rings. The Morgan fingerprint density at radius 1 is 1.08 bits per heavy atom. The summed E-state index contributed by atoms with van der Waals surface area (Å²) in [5, 5.41) is 0.919. The molecule has 2 aromatic carbocycles. The lowest BCUT2D eigenvalue weighted by Crippen LogP contribution is -2.10. The van der Waals surface area contributed by atoms with Crippen LogP contribution in [-0.2, 0) is 6.18 Å². The van der Waals surface area contributed by atoms with E-state index in [-0.39, 0.29) is 0 Å². The van der Waals surface area contributed by atoms with Crippen molar-refractivity contribution in [3.05, 3.63) is 53.6 Å². The molecular weight excluding hydrogens is 345 g/mol. The van der Waals surface area contributed by atoms with E-state index in [1.807, 2.05) is 37.2 Å². The summed E-state index contributed by atoms with van der Waals surface area (Å²) in [6.07, 6.45) is -4.33. The van der Waals surface area contributed by atoms with Gasteiger partial charge in [0.25, 0.3) is 0 Å². The molecule has 0 N–H and O–H groups in total. The summed E-state index contributed by atoms with van der Waals surface area (Å²) in [5.74, 6) is 6.18. The zero-order valence-corrected chi connectivity index (χ0v) is 14.5. The van der Waals surface area contributed by atoms with E-state index in [0.29, 0.717) is 17.8 Å². The van der Waals surface area contributed by atoms with Crippen molar-refractivity contribution >= 4 is 21.6 Å². The minimum atomic E-state index is -4.33. The van der Waals surface area contributed by atoms with Crippen LogP contribution in [0.5, 0.6) is 0 Å². The molecule has 0 fully saturated rings. The second kappa shape index (κ2) is 6.87. The van der Waals surface area contributed by atoms with E-state index in [1.165, 1.54) is 23.7 Å². The molecule has 0 aliphatic carbocycles. The molecule has 0 bridgehead atoms. The molecular formula is C19H15F3N2S. The van der Waals surface area contributed by atoms with Gasteiger partial charge in [-0.2, -0.15) is 17.5 Å². The average molecular weight is 360 g/mol. The molecule has 1 aromatic heterocycles. The van der Waals surface area contributed by atoms with Crippen LogP contribution >= 0.6 is 11.5 Å². The van der Waals surface area contributed by atoms with E-state index in [4.69, 9.17) is 0 Å². The normalized spacial score (nSPS) is 11.6. The van der Waals surface area contributed by atoms with Crippen LogP contribution in [0.25, 0.3) is 21.3 Å². The Labute approximate surface area is 148 Å². The number of nitrogens with zero attached hydrogens (tertiary/aromatic N) is 2. The Hall–Kier alpha value is -2.36. The van der Waals surface area contributed by atoms with Gasteiger partial charge in [0.1, 0.15) is 0 Å². The topological polar surface area (TPSA) is 16.1 Å². The summed E-state index contributed by atoms with van der Waals surface area (Å²) in [6.45, 7) is 0.678. The van der Waals surface area contributed by atoms with Crippen molar-refractivity contribution in [3.63, 3.8) is 0 Å². The predicted molar refractivity (Wildman–Crippen MR) is 95.5 cm³/mol. The zero-order valence-electron chi connectivity index (χ0n) is 13.7. The SMILES string of the molecule is CN(C)CC#Cc1ccc2c(-c3ccc(C(F)(F)F)cc3)nsc2c1. The number of fused-ring (bicyclic) bond motifs is 1. The van der Waals surface area contributed by atoms with Gasteiger partial charge in [-0.05, 0) is 49.9 Å². The quantitative estimate of drug-likeness (QED) is 0.605. The van der Waals surface area contributed by atoms with E-state index in [9.17, 15) is 13.2 Å². The van der Waals surface area contributed by atoms with Gasteiger partial charge in [0.05, 0.1) is 22.5 Å². The summed E-state index contributed by atoms with van der Waals surface area (Å²) in [7, 11) is 3.91. The van der Waals surface area contributed by atoms with Crippen LogP contribution < -0.4 is 0 Å². The maximum atomic E-state index is 12.7. The highest BCUT2D eigenvalue weighted by Crippen LogP contribution is 2.34. The minimum Gasteiger partial charge on any atom is -0.299 e. The first-order valence-corrected chi connectivity index (χ1v) is 8.32. The Balaban J connectivity index is 1.92. The van der Waals surface area contributed by atoms with Gasteiger partial charge in [-0.1, -0.05) is 30.0 Å². The molecule has 2 nitrogen and oxygen atoms in total. The predicted octanol–water partition coefficient (Wildman–Crippen LogP) is 4.90. The number of hydrogen-bond donors (Lipinski definition) is 0. The zero-order chi connectivity index (χ0) is 18.0. The minimum absolute atomic E-state index is 0.658. The monoisotopic (exact) mass is 360 g/mol. The Morgan fingerprint density at radius 3 is 2.44 bits per heavy atom. The van der Waals surface area contributed by atoms with Crippen molar-refractivity contribution in [1.29, 1.82) is 0 Å². The molecule has 128 valence electrons. The van der Waals surface area contributed by atoms with E-state index in [2.05, 4.69) is 16.2 Å². The van der Waals surface area contributed by atoms with Crippen molar-refractivity contribution in [2.75, 3.05) is 20.6 Å². The molecule has 0 unspecified atom stereocenters. The van der Waals surface area contributed by atoms with E-state index >= 15 is 0 Å². The number of rotatable bonds is 2. The summed E-state index contributed by atoms with van der Waals surface area (Å²) >= 11 is 1.32. The van der Waals surface area contributed by atoms with Gasteiger partial charge in [0.2, 0.25) is 0 Å². The lowest BCUT2D eigenvalue weighted by molar-refractivity contribution is -0.137. The van der Waals surface area contributed by atoms with Crippen LogP contribution in [-0.4, -0.2) is 29.9 Å². The fraction of sp³-hybridized carbons (Fsp3) is 0.211.